The molecule has 1 aliphatic rings. The maximum Gasteiger partial charge on any atom is 0.254 e. The van der Waals surface area contributed by atoms with Crippen LogP contribution in [0.25, 0.3) is 0 Å². The van der Waals surface area contributed by atoms with Crippen LogP contribution in [0.4, 0.5) is 0 Å². The van der Waals surface area contributed by atoms with Crippen molar-refractivity contribution in [3.05, 3.63) is 53.6 Å². The summed E-state index contributed by atoms with van der Waals surface area (Å²) >= 11 is 1.67. The third kappa shape index (κ3) is 4.10. The molecule has 0 aliphatic heterocycles. The minimum atomic E-state index is 0.0695. The topological polar surface area (TPSA) is 38.8 Å². The molecule has 25 heavy (non-hydrogen) atoms. The molecule has 0 unspecified atom stereocenters. The predicted molar refractivity (Wildman–Crippen MR) is 101 cm³/mol. The van der Waals surface area contributed by atoms with Crippen LogP contribution >= 0.6 is 11.8 Å². The number of hydrogen-bond donors (Lipinski definition) is 0. The third-order valence-corrected chi connectivity index (χ3v) is 5.16. The van der Waals surface area contributed by atoms with Crippen molar-refractivity contribution in [1.29, 1.82) is 0 Å². The highest BCUT2D eigenvalue weighted by Gasteiger charge is 2.33. The normalized spacial score (nSPS) is 13.4. The molecule has 0 N–H and O–H groups in total. The third-order valence-electron chi connectivity index (χ3n) is 4.41. The van der Waals surface area contributed by atoms with E-state index in [2.05, 4.69) is 0 Å². The summed E-state index contributed by atoms with van der Waals surface area (Å²) < 4.78 is 10.8. The van der Waals surface area contributed by atoms with E-state index in [0.717, 1.165) is 40.4 Å². The Morgan fingerprint density at radius 2 is 1.84 bits per heavy atom. The first kappa shape index (κ1) is 17.7. The monoisotopic (exact) mass is 357 g/mol. The van der Waals surface area contributed by atoms with E-state index in [-0.39, 0.29) is 5.91 Å². The van der Waals surface area contributed by atoms with Crippen molar-refractivity contribution in [1.82, 2.24) is 4.90 Å². The highest BCUT2D eigenvalue weighted by atomic mass is 32.2. The molecule has 1 saturated carbocycles. The van der Waals surface area contributed by atoms with E-state index >= 15 is 0 Å². The van der Waals surface area contributed by atoms with Crippen LogP contribution in [0.3, 0.4) is 0 Å². The van der Waals surface area contributed by atoms with Crippen molar-refractivity contribution in [2.45, 2.75) is 30.3 Å². The lowest BCUT2D eigenvalue weighted by Crippen LogP contribution is -2.32. The minimum absolute atomic E-state index is 0.0695. The maximum atomic E-state index is 13.0. The Hall–Kier alpha value is -2.14. The summed E-state index contributed by atoms with van der Waals surface area (Å²) in [4.78, 5) is 16.1. The quantitative estimate of drug-likeness (QED) is 0.695. The zero-order chi connectivity index (χ0) is 17.8. The smallest absolute Gasteiger partial charge is 0.254 e. The van der Waals surface area contributed by atoms with Crippen LogP contribution in [0, 0.1) is 0 Å². The first-order valence-corrected chi connectivity index (χ1v) is 9.54. The Labute approximate surface area is 153 Å². The number of rotatable bonds is 7. The van der Waals surface area contributed by atoms with Gasteiger partial charge in [-0.3, -0.25) is 4.79 Å². The van der Waals surface area contributed by atoms with Crippen LogP contribution in [0.2, 0.25) is 0 Å². The molecule has 0 heterocycles. The van der Waals surface area contributed by atoms with Crippen molar-refractivity contribution < 1.29 is 14.3 Å². The van der Waals surface area contributed by atoms with Gasteiger partial charge in [-0.25, -0.2) is 0 Å². The van der Waals surface area contributed by atoms with Crippen LogP contribution in [-0.4, -0.2) is 37.3 Å². The van der Waals surface area contributed by atoms with Gasteiger partial charge in [-0.15, -0.1) is 11.8 Å². The molecule has 2 aromatic carbocycles. The lowest BCUT2D eigenvalue weighted by Gasteiger charge is -2.24. The molecule has 0 bridgehead atoms. The van der Waals surface area contributed by atoms with Gasteiger partial charge in [-0.2, -0.15) is 0 Å². The molecular formula is C20H23NO3S. The molecule has 0 atom stereocenters. The molecule has 0 radical (unpaired) electrons. The summed E-state index contributed by atoms with van der Waals surface area (Å²) in [5, 5.41) is 0. The Balaban J connectivity index is 1.85. The van der Waals surface area contributed by atoms with Crippen molar-refractivity contribution in [2.24, 2.45) is 0 Å². The number of carbonyl (C=O) groups is 1. The molecule has 5 heteroatoms. The molecule has 0 aromatic heterocycles. The number of hydrogen-bond acceptors (Lipinski definition) is 4. The van der Waals surface area contributed by atoms with Gasteiger partial charge in [0.15, 0.2) is 0 Å². The lowest BCUT2D eigenvalue weighted by molar-refractivity contribution is 0.0728. The molecule has 2 aromatic rings. The van der Waals surface area contributed by atoms with E-state index in [9.17, 15) is 4.79 Å². The Morgan fingerprint density at radius 1 is 1.12 bits per heavy atom. The van der Waals surface area contributed by atoms with Crippen molar-refractivity contribution in [3.63, 3.8) is 0 Å². The largest absolute Gasteiger partial charge is 0.497 e. The van der Waals surface area contributed by atoms with Gasteiger partial charge in [0.05, 0.1) is 20.8 Å². The number of carbonyl (C=O) groups excluding carboxylic acids is 1. The second-order valence-corrected chi connectivity index (χ2v) is 6.95. The lowest BCUT2D eigenvalue weighted by atomic mass is 10.1. The van der Waals surface area contributed by atoms with E-state index in [1.807, 2.05) is 53.6 Å². The number of benzene rings is 2. The van der Waals surface area contributed by atoms with Gasteiger partial charge in [0, 0.05) is 22.1 Å². The molecule has 1 amide bonds. The van der Waals surface area contributed by atoms with Crippen LogP contribution in [0.5, 0.6) is 11.5 Å². The average molecular weight is 357 g/mol. The number of methoxy groups -OCH3 is 2. The molecule has 132 valence electrons. The zero-order valence-corrected chi connectivity index (χ0v) is 15.6. The summed E-state index contributed by atoms with van der Waals surface area (Å²) in [5.74, 6) is 1.61. The van der Waals surface area contributed by atoms with Gasteiger partial charge >= 0.3 is 0 Å². The maximum absolute atomic E-state index is 13.0. The zero-order valence-electron chi connectivity index (χ0n) is 14.8. The van der Waals surface area contributed by atoms with E-state index < -0.39 is 0 Å². The van der Waals surface area contributed by atoms with Crippen LogP contribution < -0.4 is 9.47 Å². The summed E-state index contributed by atoms with van der Waals surface area (Å²) in [5.41, 5.74) is 1.69. The van der Waals surface area contributed by atoms with Gasteiger partial charge in [0.2, 0.25) is 0 Å². The van der Waals surface area contributed by atoms with E-state index in [4.69, 9.17) is 9.47 Å². The first-order valence-electron chi connectivity index (χ1n) is 8.32. The Bertz CT molecular complexity index is 741. The fourth-order valence-electron chi connectivity index (χ4n) is 2.84. The SMILES string of the molecule is COc1ccc(OC)c(CN(C(=O)c2ccc(SC)cc2)C2CC2)c1. The first-order chi connectivity index (χ1) is 12.2. The van der Waals surface area contributed by atoms with Gasteiger partial charge in [0.1, 0.15) is 11.5 Å². The highest BCUT2D eigenvalue weighted by molar-refractivity contribution is 7.98. The molecule has 0 saturated heterocycles. The van der Waals surface area contributed by atoms with Gasteiger partial charge < -0.3 is 14.4 Å². The van der Waals surface area contributed by atoms with Crippen molar-refractivity contribution in [3.8, 4) is 11.5 Å². The fourth-order valence-corrected chi connectivity index (χ4v) is 3.25. The second-order valence-electron chi connectivity index (χ2n) is 6.07. The number of nitrogens with zero attached hydrogens (tertiary/aromatic N) is 1. The standard InChI is InChI=1S/C20H23NO3S/c1-23-17-8-11-19(24-2)15(12-17)13-21(16-6-7-16)20(22)14-4-9-18(25-3)10-5-14/h4-5,8-12,16H,6-7,13H2,1-3H3. The summed E-state index contributed by atoms with van der Waals surface area (Å²) in [7, 11) is 3.29. The average Bonchev–Trinajstić information content (AvgIpc) is 3.50. The van der Waals surface area contributed by atoms with Crippen LogP contribution in [-0.2, 0) is 6.54 Å². The predicted octanol–water partition coefficient (Wildman–Crippen LogP) is 4.23. The van der Waals surface area contributed by atoms with Crippen LogP contribution in [0.15, 0.2) is 47.4 Å². The molecule has 1 aliphatic carbocycles. The molecule has 1 fully saturated rings. The minimum Gasteiger partial charge on any atom is -0.497 e. The summed E-state index contributed by atoms with van der Waals surface area (Å²) in [6.45, 7) is 0.522. The molecule has 3 rings (SSSR count). The van der Waals surface area contributed by atoms with Crippen molar-refractivity contribution in [2.75, 3.05) is 20.5 Å². The molecular weight excluding hydrogens is 334 g/mol. The summed E-state index contributed by atoms with van der Waals surface area (Å²) in [6.07, 6.45) is 4.14. The number of ether oxygens (including phenoxy) is 2. The highest BCUT2D eigenvalue weighted by Crippen LogP contribution is 2.33. The van der Waals surface area contributed by atoms with Crippen LogP contribution in [0.1, 0.15) is 28.8 Å². The Morgan fingerprint density at radius 3 is 2.40 bits per heavy atom. The van der Waals surface area contributed by atoms with Gasteiger partial charge in [-0.1, -0.05) is 0 Å². The summed E-state index contributed by atoms with van der Waals surface area (Å²) in [6, 6.07) is 13.8. The van der Waals surface area contributed by atoms with Gasteiger partial charge in [0.25, 0.3) is 5.91 Å². The fraction of sp³-hybridized carbons (Fsp3) is 0.350. The number of amides is 1. The van der Waals surface area contributed by atoms with E-state index in [1.165, 1.54) is 0 Å². The number of thioether (sulfide) groups is 1. The van der Waals surface area contributed by atoms with Gasteiger partial charge in [-0.05, 0) is 61.6 Å². The van der Waals surface area contributed by atoms with Crippen molar-refractivity contribution >= 4 is 17.7 Å². The van der Waals surface area contributed by atoms with E-state index in [0.29, 0.717) is 12.6 Å². The molecule has 4 nitrogen and oxygen atoms in total. The van der Waals surface area contributed by atoms with E-state index in [1.54, 1.807) is 26.0 Å². The second kappa shape index (κ2) is 7.83. The molecule has 0 spiro atoms. The Kier molecular flexibility index (Phi) is 5.53.